The summed E-state index contributed by atoms with van der Waals surface area (Å²) in [5.41, 5.74) is 2.87. The van der Waals surface area contributed by atoms with Crippen LogP contribution >= 0.6 is 11.6 Å². The van der Waals surface area contributed by atoms with Crippen LogP contribution in [-0.2, 0) is 4.79 Å². The third kappa shape index (κ3) is 6.44. The predicted octanol–water partition coefficient (Wildman–Crippen LogP) is 4.42. The van der Waals surface area contributed by atoms with Gasteiger partial charge in [0, 0.05) is 85.8 Å². The Kier molecular flexibility index (Phi) is 8.13. The normalized spacial score (nSPS) is 18.4. The fourth-order valence-corrected chi connectivity index (χ4v) is 5.17. The Morgan fingerprint density at radius 1 is 1.09 bits per heavy atom. The number of anilines is 2. The monoisotopic (exact) mass is 499 g/mol. The molecule has 35 heavy (non-hydrogen) atoms. The highest BCUT2D eigenvalue weighted by Gasteiger charge is 2.28. The van der Waals surface area contributed by atoms with E-state index in [0.717, 1.165) is 69.4 Å². The summed E-state index contributed by atoms with van der Waals surface area (Å²) in [4.78, 5) is 30.5. The first-order chi connectivity index (χ1) is 16.8. The third-order valence-corrected chi connectivity index (χ3v) is 7.34. The van der Waals surface area contributed by atoms with E-state index in [1.807, 2.05) is 30.0 Å². The Hall–Kier alpha value is -2.84. The van der Waals surface area contributed by atoms with Crippen LogP contribution in [0.3, 0.4) is 0 Å². The van der Waals surface area contributed by atoms with Gasteiger partial charge in [-0.2, -0.15) is 0 Å². The molecule has 0 bridgehead atoms. The Balaban J connectivity index is 1.20. The van der Waals surface area contributed by atoms with Crippen molar-refractivity contribution in [1.82, 2.24) is 9.80 Å². The van der Waals surface area contributed by atoms with Crippen molar-refractivity contribution in [2.75, 3.05) is 56.0 Å². The SMILES string of the molecule is Cc1cc(NC2CCN(C(=O)C(C)CN3CCN(c4ccc(Cl)cc4)CC3)CC2)ccc1[N+](=O)[O-]. The molecule has 4 rings (SSSR count). The van der Waals surface area contributed by atoms with Crippen molar-refractivity contribution in [3.05, 3.63) is 63.2 Å². The molecule has 8 nitrogen and oxygen atoms in total. The standard InChI is InChI=1S/C26H34ClN5O3/c1-19-17-23(5-8-25(19)32(34)35)28-22-9-11-31(12-10-22)26(33)20(2)18-29-13-15-30(16-14-29)24-6-3-21(27)4-7-24/h3-8,17,20,22,28H,9-16,18H2,1-2H3. The predicted molar refractivity (Wildman–Crippen MR) is 140 cm³/mol. The lowest BCUT2D eigenvalue weighted by Gasteiger charge is -2.38. The molecular weight excluding hydrogens is 466 g/mol. The molecule has 0 saturated carbocycles. The lowest BCUT2D eigenvalue weighted by atomic mass is 10.0. The largest absolute Gasteiger partial charge is 0.382 e. The zero-order valence-corrected chi connectivity index (χ0v) is 21.2. The number of rotatable bonds is 7. The topological polar surface area (TPSA) is 82.0 Å². The molecule has 0 radical (unpaired) electrons. The van der Waals surface area contributed by atoms with Crippen LogP contribution in [-0.4, -0.2) is 72.5 Å². The van der Waals surface area contributed by atoms with Crippen LogP contribution < -0.4 is 10.2 Å². The number of nitrogens with one attached hydrogen (secondary N) is 1. The van der Waals surface area contributed by atoms with Gasteiger partial charge in [0.05, 0.1) is 4.92 Å². The van der Waals surface area contributed by atoms with Gasteiger partial charge < -0.3 is 15.1 Å². The second kappa shape index (κ2) is 11.3. The number of amides is 1. The molecule has 0 aliphatic carbocycles. The lowest BCUT2D eigenvalue weighted by Crippen LogP contribution is -2.50. The van der Waals surface area contributed by atoms with Crippen molar-refractivity contribution < 1.29 is 9.72 Å². The van der Waals surface area contributed by atoms with Gasteiger partial charge in [-0.3, -0.25) is 19.8 Å². The van der Waals surface area contributed by atoms with Crippen molar-refractivity contribution >= 4 is 34.6 Å². The minimum absolute atomic E-state index is 0.0288. The molecule has 0 spiro atoms. The number of nitro groups is 1. The molecule has 2 aromatic rings. The second-order valence-corrected chi connectivity index (χ2v) is 10.1. The molecule has 2 aromatic carbocycles. The molecule has 2 heterocycles. The number of carbonyl (C=O) groups excluding carboxylic acids is 1. The number of aryl methyl sites for hydroxylation is 1. The third-order valence-electron chi connectivity index (χ3n) is 7.09. The van der Waals surface area contributed by atoms with Crippen molar-refractivity contribution in [1.29, 1.82) is 0 Å². The Labute approximate surface area is 212 Å². The summed E-state index contributed by atoms with van der Waals surface area (Å²) in [5, 5.41) is 15.3. The van der Waals surface area contributed by atoms with Gasteiger partial charge in [-0.15, -0.1) is 0 Å². The highest BCUT2D eigenvalue weighted by molar-refractivity contribution is 6.30. The molecule has 1 N–H and O–H groups in total. The molecule has 1 amide bonds. The molecule has 9 heteroatoms. The van der Waals surface area contributed by atoms with Gasteiger partial charge in [0.25, 0.3) is 5.69 Å². The number of nitro benzene ring substituents is 1. The molecule has 2 aliphatic rings. The number of piperazine rings is 1. The summed E-state index contributed by atoms with van der Waals surface area (Å²) < 4.78 is 0. The Morgan fingerprint density at radius 2 is 1.74 bits per heavy atom. The van der Waals surface area contributed by atoms with Crippen molar-refractivity contribution in [2.24, 2.45) is 5.92 Å². The summed E-state index contributed by atoms with van der Waals surface area (Å²) in [6, 6.07) is 13.4. The van der Waals surface area contributed by atoms with Crippen LogP contribution in [0.15, 0.2) is 42.5 Å². The fourth-order valence-electron chi connectivity index (χ4n) is 5.05. The number of hydrogen-bond donors (Lipinski definition) is 1. The van der Waals surface area contributed by atoms with Crippen LogP contribution in [0.2, 0.25) is 5.02 Å². The summed E-state index contributed by atoms with van der Waals surface area (Å²) in [5.74, 6) is 0.202. The van der Waals surface area contributed by atoms with Gasteiger partial charge >= 0.3 is 0 Å². The van der Waals surface area contributed by atoms with E-state index < -0.39 is 0 Å². The average Bonchev–Trinajstić information content (AvgIpc) is 2.85. The minimum Gasteiger partial charge on any atom is -0.382 e. The first kappa shape index (κ1) is 25.3. The number of hydrogen-bond acceptors (Lipinski definition) is 6. The van der Waals surface area contributed by atoms with E-state index in [1.165, 1.54) is 5.69 Å². The van der Waals surface area contributed by atoms with Crippen LogP contribution in [0.25, 0.3) is 0 Å². The maximum atomic E-state index is 13.1. The smallest absolute Gasteiger partial charge is 0.272 e. The van der Waals surface area contributed by atoms with Crippen LogP contribution in [0, 0.1) is 23.0 Å². The van der Waals surface area contributed by atoms with E-state index in [9.17, 15) is 14.9 Å². The number of nitrogens with zero attached hydrogens (tertiary/aromatic N) is 4. The van der Waals surface area contributed by atoms with Crippen LogP contribution in [0.5, 0.6) is 0 Å². The fraction of sp³-hybridized carbons (Fsp3) is 0.500. The number of carbonyl (C=O) groups is 1. The Bertz CT molecular complexity index is 1030. The first-order valence-corrected chi connectivity index (χ1v) is 12.7. The van der Waals surface area contributed by atoms with Gasteiger partial charge in [0.1, 0.15) is 0 Å². The summed E-state index contributed by atoms with van der Waals surface area (Å²) >= 11 is 6.00. The van der Waals surface area contributed by atoms with Gasteiger partial charge in [-0.1, -0.05) is 18.5 Å². The molecule has 188 valence electrons. The minimum atomic E-state index is -0.357. The molecule has 2 fully saturated rings. The molecule has 2 saturated heterocycles. The van der Waals surface area contributed by atoms with Gasteiger partial charge in [-0.05, 0) is 56.2 Å². The highest BCUT2D eigenvalue weighted by Crippen LogP contribution is 2.25. The van der Waals surface area contributed by atoms with E-state index in [0.29, 0.717) is 5.56 Å². The number of piperidine rings is 1. The van der Waals surface area contributed by atoms with Crippen LogP contribution in [0.1, 0.15) is 25.3 Å². The quantitative estimate of drug-likeness (QED) is 0.448. The van der Waals surface area contributed by atoms with Gasteiger partial charge in [-0.25, -0.2) is 0 Å². The van der Waals surface area contributed by atoms with Gasteiger partial charge in [0.2, 0.25) is 5.91 Å². The van der Waals surface area contributed by atoms with Crippen molar-refractivity contribution in [2.45, 2.75) is 32.7 Å². The number of likely N-dealkylation sites (tertiary alicyclic amines) is 1. The van der Waals surface area contributed by atoms with Crippen molar-refractivity contribution in [3.63, 3.8) is 0 Å². The zero-order chi connectivity index (χ0) is 24.9. The average molecular weight is 500 g/mol. The lowest BCUT2D eigenvalue weighted by molar-refractivity contribution is -0.385. The zero-order valence-electron chi connectivity index (χ0n) is 20.5. The van der Waals surface area contributed by atoms with E-state index >= 15 is 0 Å². The summed E-state index contributed by atoms with van der Waals surface area (Å²) in [6.07, 6.45) is 1.74. The van der Waals surface area contributed by atoms with Gasteiger partial charge in [0.15, 0.2) is 0 Å². The van der Waals surface area contributed by atoms with E-state index in [2.05, 4.69) is 27.2 Å². The Morgan fingerprint density at radius 3 is 2.34 bits per heavy atom. The molecule has 1 atom stereocenters. The van der Waals surface area contributed by atoms with Crippen LogP contribution in [0.4, 0.5) is 17.1 Å². The maximum Gasteiger partial charge on any atom is 0.272 e. The maximum absolute atomic E-state index is 13.1. The van der Waals surface area contributed by atoms with E-state index in [1.54, 1.807) is 19.1 Å². The van der Waals surface area contributed by atoms with E-state index in [-0.39, 0.29) is 28.5 Å². The molecule has 0 aromatic heterocycles. The molecule has 1 unspecified atom stereocenters. The molecule has 2 aliphatic heterocycles. The molecular formula is C26H34ClN5O3. The number of halogens is 1. The summed E-state index contributed by atoms with van der Waals surface area (Å²) in [6.45, 7) is 9.83. The van der Waals surface area contributed by atoms with E-state index in [4.69, 9.17) is 11.6 Å². The highest BCUT2D eigenvalue weighted by atomic mass is 35.5. The first-order valence-electron chi connectivity index (χ1n) is 12.3. The van der Waals surface area contributed by atoms with Crippen molar-refractivity contribution in [3.8, 4) is 0 Å². The summed E-state index contributed by atoms with van der Waals surface area (Å²) in [7, 11) is 0. The number of benzene rings is 2. The second-order valence-electron chi connectivity index (χ2n) is 9.67.